The van der Waals surface area contributed by atoms with Crippen molar-refractivity contribution in [2.24, 2.45) is 0 Å². The van der Waals surface area contributed by atoms with Crippen LogP contribution >= 0.6 is 27.5 Å². The summed E-state index contributed by atoms with van der Waals surface area (Å²) in [6.45, 7) is -1.77. The van der Waals surface area contributed by atoms with Crippen LogP contribution in [0.5, 0.6) is 5.75 Å². The van der Waals surface area contributed by atoms with Gasteiger partial charge in [0.25, 0.3) is 0 Å². The Labute approximate surface area is 152 Å². The lowest BCUT2D eigenvalue weighted by Crippen LogP contribution is -2.06. The Morgan fingerprint density at radius 3 is 2.80 bits per heavy atom. The van der Waals surface area contributed by atoms with Crippen molar-refractivity contribution in [3.63, 3.8) is 0 Å². The quantitative estimate of drug-likeness (QED) is 0.537. The van der Waals surface area contributed by atoms with Gasteiger partial charge >= 0.3 is 6.61 Å². The minimum absolute atomic E-state index is 0.0172. The number of alkyl halides is 3. The molecule has 0 fully saturated rings. The summed E-state index contributed by atoms with van der Waals surface area (Å²) in [4.78, 5) is 0. The molecule has 0 spiro atoms. The lowest BCUT2D eigenvalue weighted by Gasteiger charge is -2.07. The van der Waals surface area contributed by atoms with Crippen molar-refractivity contribution in [2.45, 2.75) is 18.9 Å². The number of hydrogen-bond donors (Lipinski definition) is 0. The molecule has 0 saturated carbocycles. The maximum Gasteiger partial charge on any atom is 0.387 e. The number of aromatic nitrogens is 2. The van der Waals surface area contributed by atoms with Crippen LogP contribution in [0.4, 0.5) is 13.2 Å². The average Bonchev–Trinajstić information content (AvgIpc) is 3.10. The van der Waals surface area contributed by atoms with Crippen molar-refractivity contribution in [3.8, 4) is 17.5 Å². The molecule has 3 aromatic rings. The molecule has 3 rings (SSSR count). The van der Waals surface area contributed by atoms with Crippen LogP contribution in [-0.4, -0.2) is 16.4 Å². The number of nitrogens with zero attached hydrogens (tertiary/aromatic N) is 3. The highest BCUT2D eigenvalue weighted by Crippen LogP contribution is 2.37. The number of rotatable bonds is 4. The second-order valence-corrected chi connectivity index (χ2v) is 5.91. The number of benzene rings is 1. The number of hydrogen-bond acceptors (Lipinski definition) is 4. The van der Waals surface area contributed by atoms with Crippen LogP contribution in [0.3, 0.4) is 0 Å². The van der Waals surface area contributed by atoms with E-state index in [9.17, 15) is 18.4 Å². The lowest BCUT2D eigenvalue weighted by molar-refractivity contribution is -0.0505. The van der Waals surface area contributed by atoms with Crippen LogP contribution in [0.2, 0.25) is 5.02 Å². The third-order valence-corrected chi connectivity index (χ3v) is 4.23. The van der Waals surface area contributed by atoms with E-state index in [0.29, 0.717) is 11.1 Å². The van der Waals surface area contributed by atoms with Gasteiger partial charge in [0.05, 0.1) is 15.7 Å². The van der Waals surface area contributed by atoms with E-state index >= 15 is 0 Å². The van der Waals surface area contributed by atoms with Gasteiger partial charge in [0.2, 0.25) is 0 Å². The van der Waals surface area contributed by atoms with Crippen LogP contribution in [0.15, 0.2) is 16.5 Å². The Morgan fingerprint density at radius 2 is 2.20 bits per heavy atom. The second-order valence-electron chi connectivity index (χ2n) is 4.94. The van der Waals surface area contributed by atoms with Gasteiger partial charge in [-0.2, -0.15) is 19.1 Å². The second kappa shape index (κ2) is 6.61. The third-order valence-electron chi connectivity index (χ3n) is 3.40. The van der Waals surface area contributed by atoms with E-state index in [-0.39, 0.29) is 33.1 Å². The van der Waals surface area contributed by atoms with Crippen LogP contribution in [-0.2, 0) is 5.33 Å². The summed E-state index contributed by atoms with van der Waals surface area (Å²) in [5, 5.41) is 14.0. The monoisotopic (exact) mass is 433 g/mol. The van der Waals surface area contributed by atoms with Crippen molar-refractivity contribution in [1.82, 2.24) is 9.78 Å². The zero-order chi connectivity index (χ0) is 18.3. The van der Waals surface area contributed by atoms with E-state index in [4.69, 9.17) is 16.0 Å². The first-order valence-corrected chi connectivity index (χ1v) is 8.28. The van der Waals surface area contributed by atoms with E-state index in [2.05, 4.69) is 25.8 Å². The number of nitriles is 1. The number of fused-ring (bicyclic) bond motifs is 1. The molecule has 0 N–H and O–H groups in total. The molecule has 0 aliphatic rings. The first kappa shape index (κ1) is 17.6. The van der Waals surface area contributed by atoms with Gasteiger partial charge in [-0.15, -0.1) is 0 Å². The normalized spacial score (nSPS) is 11.3. The first-order chi connectivity index (χ1) is 11.9. The maximum absolute atomic E-state index is 14.6. The summed E-state index contributed by atoms with van der Waals surface area (Å²) in [6.07, 6.45) is 0. The summed E-state index contributed by atoms with van der Waals surface area (Å²) in [7, 11) is 0. The predicted molar refractivity (Wildman–Crippen MR) is 87.0 cm³/mol. The molecule has 0 aliphatic heterocycles. The molecule has 0 aliphatic carbocycles. The van der Waals surface area contributed by atoms with Crippen LogP contribution in [0.25, 0.3) is 16.7 Å². The minimum Gasteiger partial charge on any atom is -0.459 e. The molecular weight excluding hydrogens is 427 g/mol. The first-order valence-electron chi connectivity index (χ1n) is 6.78. The molecule has 0 unspecified atom stereocenters. The third kappa shape index (κ3) is 2.96. The molecule has 0 bridgehead atoms. The van der Waals surface area contributed by atoms with E-state index in [1.807, 2.05) is 0 Å². The zero-order valence-electron chi connectivity index (χ0n) is 12.5. The largest absolute Gasteiger partial charge is 0.459 e. The Bertz CT molecular complexity index is 1010. The number of furan rings is 1. The average molecular weight is 435 g/mol. The Kier molecular flexibility index (Phi) is 4.67. The van der Waals surface area contributed by atoms with Crippen molar-refractivity contribution in [3.05, 3.63) is 40.1 Å². The van der Waals surface area contributed by atoms with Gasteiger partial charge in [0, 0.05) is 0 Å². The molecule has 25 heavy (non-hydrogen) atoms. The van der Waals surface area contributed by atoms with Gasteiger partial charge in [-0.25, -0.2) is 9.07 Å². The lowest BCUT2D eigenvalue weighted by atomic mass is 10.2. The molecular formula is C15H8BrClF3N3O2. The Hall–Kier alpha value is -2.18. The fourth-order valence-electron chi connectivity index (χ4n) is 2.45. The predicted octanol–water partition coefficient (Wildman–Crippen LogP) is 5.09. The smallest absolute Gasteiger partial charge is 0.387 e. The van der Waals surface area contributed by atoms with Crippen molar-refractivity contribution in [2.75, 3.05) is 0 Å². The van der Waals surface area contributed by atoms with Crippen LogP contribution < -0.4 is 4.74 Å². The fourth-order valence-corrected chi connectivity index (χ4v) is 2.97. The molecule has 10 heteroatoms. The highest BCUT2D eigenvalue weighted by Gasteiger charge is 2.25. The van der Waals surface area contributed by atoms with E-state index < -0.39 is 18.2 Å². The summed E-state index contributed by atoms with van der Waals surface area (Å²) < 4.78 is 50.6. The topological polar surface area (TPSA) is 64.0 Å². The van der Waals surface area contributed by atoms with Crippen LogP contribution in [0, 0.1) is 24.1 Å². The molecule has 2 aromatic heterocycles. The molecule has 1 aromatic carbocycles. The molecule has 130 valence electrons. The van der Waals surface area contributed by atoms with Gasteiger partial charge in [0.1, 0.15) is 23.2 Å². The van der Waals surface area contributed by atoms with Gasteiger partial charge in [-0.1, -0.05) is 27.5 Å². The molecule has 0 saturated heterocycles. The van der Waals surface area contributed by atoms with Gasteiger partial charge in [-0.3, -0.25) is 0 Å². The van der Waals surface area contributed by atoms with Crippen molar-refractivity contribution < 1.29 is 22.3 Å². The Balaban J connectivity index is 2.34. The van der Waals surface area contributed by atoms with E-state index in [1.165, 1.54) is 13.0 Å². The summed E-state index contributed by atoms with van der Waals surface area (Å²) in [5.41, 5.74) is -0.287. The SMILES string of the molecule is Cc1nn(-c2c(F)cc(Cl)c3oc(CBr)cc23)c(C#N)c1OC(F)F. The van der Waals surface area contributed by atoms with E-state index in [1.54, 1.807) is 6.07 Å². The highest BCUT2D eigenvalue weighted by atomic mass is 79.9. The van der Waals surface area contributed by atoms with E-state index in [0.717, 1.165) is 10.7 Å². The van der Waals surface area contributed by atoms with Gasteiger partial charge in [-0.05, 0) is 19.1 Å². The number of ether oxygens (including phenoxy) is 1. The fraction of sp³-hybridized carbons (Fsp3) is 0.200. The van der Waals surface area contributed by atoms with Gasteiger partial charge in [0.15, 0.2) is 22.8 Å². The summed E-state index contributed by atoms with van der Waals surface area (Å²) in [6, 6.07) is 4.25. The summed E-state index contributed by atoms with van der Waals surface area (Å²) in [5.74, 6) is -0.735. The summed E-state index contributed by atoms with van der Waals surface area (Å²) >= 11 is 9.23. The Morgan fingerprint density at radius 1 is 1.48 bits per heavy atom. The van der Waals surface area contributed by atoms with Gasteiger partial charge < -0.3 is 9.15 Å². The molecule has 0 radical (unpaired) electrons. The zero-order valence-corrected chi connectivity index (χ0v) is 14.8. The molecule has 0 amide bonds. The molecule has 0 atom stereocenters. The van der Waals surface area contributed by atoms with Crippen LogP contribution in [0.1, 0.15) is 17.1 Å². The highest BCUT2D eigenvalue weighted by molar-refractivity contribution is 9.08. The number of halogens is 5. The van der Waals surface area contributed by atoms with Crippen molar-refractivity contribution >= 4 is 38.5 Å². The maximum atomic E-state index is 14.6. The number of aryl methyl sites for hydroxylation is 1. The van der Waals surface area contributed by atoms with Crippen molar-refractivity contribution in [1.29, 1.82) is 5.26 Å². The standard InChI is InChI=1S/C15H8BrClF3N3O2/c1-6-13(25-15(19)20)11(5-21)23(22-6)12-8-2-7(4-16)24-14(8)9(17)3-10(12)18/h2-3,15H,4H2,1H3. The molecule has 2 heterocycles. The molecule has 5 nitrogen and oxygen atoms in total. The minimum atomic E-state index is -3.15.